The molecule has 0 spiro atoms. The highest BCUT2D eigenvalue weighted by Crippen LogP contribution is 2.41. The van der Waals surface area contributed by atoms with E-state index in [0.29, 0.717) is 31.4 Å². The highest BCUT2D eigenvalue weighted by atomic mass is 35.5. The van der Waals surface area contributed by atoms with E-state index in [1.54, 1.807) is 42.7 Å². The van der Waals surface area contributed by atoms with E-state index in [4.69, 9.17) is 33.3 Å². The van der Waals surface area contributed by atoms with Gasteiger partial charge in [0.1, 0.15) is 0 Å². The molecular formula is C16H9ClN2O3S2. The standard InChI is InChI=1S/C16H9ClN2O3S2/c17-11-4-9(5-12-14(11)22-8-21-12)6-13-15(20)19(16(23)24-13)10-2-1-3-18-7-10/h1-7H,8H2. The molecule has 4 rings (SSSR count). The Hall–Kier alpha value is -2.09. The lowest BCUT2D eigenvalue weighted by Gasteiger charge is -2.13. The Bertz CT molecular complexity index is 886. The molecule has 0 unspecified atom stereocenters. The van der Waals surface area contributed by atoms with Crippen molar-refractivity contribution in [3.8, 4) is 11.5 Å². The summed E-state index contributed by atoms with van der Waals surface area (Å²) in [6, 6.07) is 7.06. The summed E-state index contributed by atoms with van der Waals surface area (Å²) in [5, 5.41) is 0.444. The molecule has 0 atom stereocenters. The van der Waals surface area contributed by atoms with Crippen molar-refractivity contribution in [2.45, 2.75) is 0 Å². The first-order chi connectivity index (χ1) is 11.6. The lowest BCUT2D eigenvalue weighted by Crippen LogP contribution is -2.27. The van der Waals surface area contributed by atoms with Crippen molar-refractivity contribution in [1.82, 2.24) is 4.98 Å². The van der Waals surface area contributed by atoms with Gasteiger partial charge in [0.15, 0.2) is 15.8 Å². The van der Waals surface area contributed by atoms with Gasteiger partial charge in [-0.05, 0) is 35.9 Å². The number of amides is 1. The van der Waals surface area contributed by atoms with Crippen LogP contribution >= 0.6 is 35.6 Å². The van der Waals surface area contributed by atoms with Gasteiger partial charge in [-0.15, -0.1) is 0 Å². The van der Waals surface area contributed by atoms with Crippen molar-refractivity contribution in [2.24, 2.45) is 0 Å². The van der Waals surface area contributed by atoms with E-state index < -0.39 is 0 Å². The second-order valence-electron chi connectivity index (χ2n) is 4.96. The zero-order chi connectivity index (χ0) is 16.7. The zero-order valence-corrected chi connectivity index (χ0v) is 14.5. The summed E-state index contributed by atoms with van der Waals surface area (Å²) in [6.45, 7) is 0.141. The number of carbonyl (C=O) groups is 1. The molecule has 2 aromatic rings. The quantitative estimate of drug-likeness (QED) is 0.586. The van der Waals surface area contributed by atoms with Crippen LogP contribution in [0.2, 0.25) is 5.02 Å². The Morgan fingerprint density at radius 1 is 1.38 bits per heavy atom. The normalized spacial score (nSPS) is 17.9. The fourth-order valence-electron chi connectivity index (χ4n) is 2.40. The number of hydrogen-bond donors (Lipinski definition) is 0. The van der Waals surface area contributed by atoms with E-state index in [9.17, 15) is 4.79 Å². The van der Waals surface area contributed by atoms with Gasteiger partial charge in [-0.2, -0.15) is 0 Å². The molecule has 1 amide bonds. The van der Waals surface area contributed by atoms with Gasteiger partial charge in [-0.1, -0.05) is 35.6 Å². The largest absolute Gasteiger partial charge is 0.454 e. The van der Waals surface area contributed by atoms with Gasteiger partial charge in [0.2, 0.25) is 6.79 Å². The van der Waals surface area contributed by atoms with Crippen molar-refractivity contribution in [3.05, 3.63) is 52.2 Å². The predicted molar refractivity (Wildman–Crippen MR) is 97.5 cm³/mol. The highest BCUT2D eigenvalue weighted by molar-refractivity contribution is 8.27. The third kappa shape index (κ3) is 2.64. The first-order valence-electron chi connectivity index (χ1n) is 6.90. The van der Waals surface area contributed by atoms with E-state index in [0.717, 1.165) is 5.56 Å². The number of hydrogen-bond acceptors (Lipinski definition) is 6. The summed E-state index contributed by atoms with van der Waals surface area (Å²) in [5.41, 5.74) is 1.39. The summed E-state index contributed by atoms with van der Waals surface area (Å²) in [6.07, 6.45) is 4.99. The van der Waals surface area contributed by atoms with Gasteiger partial charge in [0.25, 0.3) is 5.91 Å². The molecule has 1 aromatic carbocycles. The topological polar surface area (TPSA) is 51.7 Å². The van der Waals surface area contributed by atoms with E-state index in [1.165, 1.54) is 16.7 Å². The van der Waals surface area contributed by atoms with Crippen molar-refractivity contribution in [1.29, 1.82) is 0 Å². The Labute approximate surface area is 152 Å². The highest BCUT2D eigenvalue weighted by Gasteiger charge is 2.33. The fraction of sp³-hybridized carbons (Fsp3) is 0.0625. The van der Waals surface area contributed by atoms with Crippen LogP contribution in [0.3, 0.4) is 0 Å². The smallest absolute Gasteiger partial charge is 0.270 e. The average Bonchev–Trinajstić information content (AvgIpc) is 3.14. The van der Waals surface area contributed by atoms with E-state index >= 15 is 0 Å². The second-order valence-corrected chi connectivity index (χ2v) is 7.05. The van der Waals surface area contributed by atoms with E-state index in [2.05, 4.69) is 4.98 Å². The molecule has 1 aromatic heterocycles. The number of nitrogens with zero attached hydrogens (tertiary/aromatic N) is 2. The number of aromatic nitrogens is 1. The summed E-state index contributed by atoms with van der Waals surface area (Å²) in [7, 11) is 0. The number of benzene rings is 1. The molecule has 0 saturated carbocycles. The van der Waals surface area contributed by atoms with Crippen molar-refractivity contribution in [3.63, 3.8) is 0 Å². The minimum Gasteiger partial charge on any atom is -0.454 e. The second kappa shape index (κ2) is 6.08. The Balaban J connectivity index is 1.68. The number of halogens is 1. The summed E-state index contributed by atoms with van der Waals surface area (Å²) in [5.74, 6) is 0.903. The van der Waals surface area contributed by atoms with Gasteiger partial charge in [0.05, 0.1) is 21.8 Å². The molecule has 8 heteroatoms. The number of fused-ring (bicyclic) bond motifs is 1. The van der Waals surface area contributed by atoms with Crippen LogP contribution in [0.5, 0.6) is 11.5 Å². The van der Waals surface area contributed by atoms with Crippen LogP contribution in [-0.2, 0) is 4.79 Å². The number of thiocarbonyl (C=S) groups is 1. The Morgan fingerprint density at radius 2 is 2.25 bits per heavy atom. The molecule has 0 aliphatic carbocycles. The Kier molecular flexibility index (Phi) is 3.91. The third-order valence-corrected chi connectivity index (χ3v) is 5.03. The number of anilines is 1. The molecule has 5 nitrogen and oxygen atoms in total. The number of carbonyl (C=O) groups excluding carboxylic acids is 1. The van der Waals surface area contributed by atoms with Crippen molar-refractivity contribution in [2.75, 3.05) is 11.7 Å². The molecule has 1 fully saturated rings. The monoisotopic (exact) mass is 376 g/mol. The van der Waals surface area contributed by atoms with Gasteiger partial charge in [0, 0.05) is 6.20 Å². The van der Waals surface area contributed by atoms with Crippen LogP contribution in [0.4, 0.5) is 5.69 Å². The van der Waals surface area contributed by atoms with Gasteiger partial charge in [-0.3, -0.25) is 14.7 Å². The summed E-state index contributed by atoms with van der Waals surface area (Å²) >= 11 is 12.7. The van der Waals surface area contributed by atoms with E-state index in [1.807, 2.05) is 0 Å². The summed E-state index contributed by atoms with van der Waals surface area (Å²) in [4.78, 5) is 18.7. The van der Waals surface area contributed by atoms with Crippen LogP contribution in [0, 0.1) is 0 Å². The minimum absolute atomic E-state index is 0.141. The summed E-state index contributed by atoms with van der Waals surface area (Å²) < 4.78 is 11.1. The van der Waals surface area contributed by atoms with Gasteiger partial charge >= 0.3 is 0 Å². The van der Waals surface area contributed by atoms with Gasteiger partial charge in [-0.25, -0.2) is 0 Å². The molecule has 0 bridgehead atoms. The fourth-order valence-corrected chi connectivity index (χ4v) is 3.97. The first kappa shape index (κ1) is 15.4. The molecule has 0 N–H and O–H groups in total. The number of rotatable bonds is 2. The number of thioether (sulfide) groups is 1. The van der Waals surface area contributed by atoms with Crippen LogP contribution in [0.25, 0.3) is 6.08 Å². The maximum atomic E-state index is 12.7. The van der Waals surface area contributed by atoms with Crippen molar-refractivity contribution < 1.29 is 14.3 Å². The molecule has 0 radical (unpaired) electrons. The van der Waals surface area contributed by atoms with Crippen LogP contribution in [0.15, 0.2) is 41.6 Å². The van der Waals surface area contributed by atoms with Crippen LogP contribution in [-0.4, -0.2) is 22.0 Å². The van der Waals surface area contributed by atoms with Crippen molar-refractivity contribution >= 4 is 57.6 Å². The predicted octanol–water partition coefficient (Wildman–Crippen LogP) is 3.87. The zero-order valence-electron chi connectivity index (χ0n) is 12.1. The SMILES string of the molecule is O=C1C(=Cc2cc(Cl)c3c(c2)OCO3)SC(=S)N1c1cccnc1. The van der Waals surface area contributed by atoms with E-state index in [-0.39, 0.29) is 12.7 Å². The average molecular weight is 377 g/mol. The molecule has 120 valence electrons. The number of ether oxygens (including phenoxy) is 2. The lowest BCUT2D eigenvalue weighted by molar-refractivity contribution is -0.113. The molecule has 1 saturated heterocycles. The maximum Gasteiger partial charge on any atom is 0.270 e. The third-order valence-electron chi connectivity index (χ3n) is 3.45. The maximum absolute atomic E-state index is 12.7. The van der Waals surface area contributed by atoms with Gasteiger partial charge < -0.3 is 9.47 Å². The lowest BCUT2D eigenvalue weighted by atomic mass is 10.2. The minimum atomic E-state index is -0.188. The molecule has 24 heavy (non-hydrogen) atoms. The molecule has 3 heterocycles. The first-order valence-corrected chi connectivity index (χ1v) is 8.51. The Morgan fingerprint density at radius 3 is 3.04 bits per heavy atom. The van der Waals surface area contributed by atoms with Crippen LogP contribution in [0.1, 0.15) is 5.56 Å². The van der Waals surface area contributed by atoms with Crippen LogP contribution < -0.4 is 14.4 Å². The number of pyridine rings is 1. The molecular weight excluding hydrogens is 368 g/mol. The molecule has 2 aliphatic heterocycles. The molecule has 2 aliphatic rings.